The van der Waals surface area contributed by atoms with Gasteiger partial charge in [-0.2, -0.15) is 5.10 Å². The molecule has 0 saturated heterocycles. The Hall–Kier alpha value is -4.18. The van der Waals surface area contributed by atoms with E-state index in [0.29, 0.717) is 18.1 Å². The minimum atomic E-state index is -0.165. The van der Waals surface area contributed by atoms with Crippen LogP contribution >= 0.6 is 0 Å². The fourth-order valence-electron chi connectivity index (χ4n) is 3.44. The van der Waals surface area contributed by atoms with E-state index in [4.69, 9.17) is 0 Å². The first-order valence-corrected chi connectivity index (χ1v) is 9.74. The van der Waals surface area contributed by atoms with Crippen LogP contribution in [0.4, 0.5) is 11.8 Å². The van der Waals surface area contributed by atoms with Crippen molar-refractivity contribution < 1.29 is 5.11 Å². The molecule has 0 atom stereocenters. The number of anilines is 2. The molecule has 0 aliphatic rings. The van der Waals surface area contributed by atoms with Gasteiger partial charge in [-0.05, 0) is 23.3 Å². The molecule has 10 nitrogen and oxygen atoms in total. The lowest BCUT2D eigenvalue weighted by atomic mass is 10.1. The summed E-state index contributed by atoms with van der Waals surface area (Å²) in [5.74, 6) is 1.25. The first kappa shape index (κ1) is 18.8. The largest absolute Gasteiger partial charge is 0.376 e. The maximum Gasteiger partial charge on any atom is 0.224 e. The average Bonchev–Trinajstić information content (AvgIpc) is 3.53. The fraction of sp³-hybridized carbons (Fsp3) is 0.143. The lowest BCUT2D eigenvalue weighted by Crippen LogP contribution is -2.13. The number of nitrogens with one attached hydrogen (secondary N) is 2. The SMILES string of the molecule is Cn1cc(-c2cccc(CNc3ncnc4c3ccn4Nc3nccn3CO)c2)cn1. The number of fused-ring (bicyclic) bond motifs is 1. The van der Waals surface area contributed by atoms with Crippen molar-refractivity contribution in [2.24, 2.45) is 7.05 Å². The van der Waals surface area contributed by atoms with Crippen LogP contribution in [0.15, 0.2) is 67.6 Å². The third kappa shape index (κ3) is 3.71. The smallest absolute Gasteiger partial charge is 0.224 e. The Morgan fingerprint density at radius 1 is 1.06 bits per heavy atom. The summed E-state index contributed by atoms with van der Waals surface area (Å²) in [7, 11) is 1.91. The molecule has 0 bridgehead atoms. The molecule has 0 radical (unpaired) electrons. The van der Waals surface area contributed by atoms with Gasteiger partial charge < -0.3 is 10.4 Å². The maximum absolute atomic E-state index is 9.40. The summed E-state index contributed by atoms with van der Waals surface area (Å²) >= 11 is 0. The van der Waals surface area contributed by atoms with Crippen LogP contribution in [0.1, 0.15) is 5.56 Å². The van der Waals surface area contributed by atoms with Crippen molar-refractivity contribution in [2.75, 3.05) is 10.7 Å². The highest BCUT2D eigenvalue weighted by atomic mass is 16.3. The highest BCUT2D eigenvalue weighted by molar-refractivity contribution is 5.87. The number of benzene rings is 1. The third-order valence-electron chi connectivity index (χ3n) is 4.99. The van der Waals surface area contributed by atoms with Gasteiger partial charge in [0.15, 0.2) is 5.65 Å². The Morgan fingerprint density at radius 2 is 2.00 bits per heavy atom. The lowest BCUT2D eigenvalue weighted by molar-refractivity contribution is 0.212. The second-order valence-corrected chi connectivity index (χ2v) is 7.08. The summed E-state index contributed by atoms with van der Waals surface area (Å²) < 4.78 is 5.13. The molecule has 0 fully saturated rings. The first-order chi connectivity index (χ1) is 15.2. The molecule has 5 rings (SSSR count). The standard InChI is InChI=1S/C21H21N9O/c1-28-12-17(11-26-28)16-4-2-3-15(9-16)10-23-19-18-5-7-30(20(18)25-13-24-19)27-21-22-6-8-29(21)14-31/h2-9,11-13,31H,10,14H2,1H3,(H,22,27)(H,23,24,25). The molecule has 0 saturated carbocycles. The zero-order valence-corrected chi connectivity index (χ0v) is 16.8. The van der Waals surface area contributed by atoms with Crippen LogP contribution in [-0.2, 0) is 20.3 Å². The van der Waals surface area contributed by atoms with E-state index in [1.54, 1.807) is 26.3 Å². The lowest BCUT2D eigenvalue weighted by Gasteiger charge is -2.10. The maximum atomic E-state index is 9.40. The topological polar surface area (TPSA) is 111 Å². The Kier molecular flexibility index (Phi) is 4.81. The molecule has 31 heavy (non-hydrogen) atoms. The summed E-state index contributed by atoms with van der Waals surface area (Å²) in [5, 5.41) is 17.9. The van der Waals surface area contributed by atoms with Crippen LogP contribution < -0.4 is 10.7 Å². The number of imidazole rings is 1. The predicted octanol–water partition coefficient (Wildman–Crippen LogP) is 2.47. The molecule has 0 aliphatic carbocycles. The van der Waals surface area contributed by atoms with Gasteiger partial charge in [0.25, 0.3) is 0 Å². The van der Waals surface area contributed by atoms with E-state index < -0.39 is 0 Å². The Balaban J connectivity index is 1.36. The van der Waals surface area contributed by atoms with E-state index in [0.717, 1.165) is 27.9 Å². The molecular formula is C21H21N9O. The van der Waals surface area contributed by atoms with Crippen molar-refractivity contribution >= 4 is 22.8 Å². The van der Waals surface area contributed by atoms with Crippen LogP contribution in [0.5, 0.6) is 0 Å². The van der Waals surface area contributed by atoms with Crippen LogP contribution in [0.25, 0.3) is 22.2 Å². The monoisotopic (exact) mass is 415 g/mol. The molecule has 0 amide bonds. The number of hydrogen-bond donors (Lipinski definition) is 3. The second kappa shape index (κ2) is 7.92. The van der Waals surface area contributed by atoms with Gasteiger partial charge in [-0.3, -0.25) is 14.7 Å². The molecule has 10 heteroatoms. The van der Waals surface area contributed by atoms with Gasteiger partial charge in [-0.15, -0.1) is 0 Å². The number of aryl methyl sites for hydroxylation is 1. The number of rotatable bonds is 7. The van der Waals surface area contributed by atoms with E-state index in [1.807, 2.05) is 37.8 Å². The summed E-state index contributed by atoms with van der Waals surface area (Å²) in [6, 6.07) is 10.3. The Labute approximate surface area is 177 Å². The van der Waals surface area contributed by atoms with E-state index >= 15 is 0 Å². The number of aromatic nitrogens is 7. The molecule has 156 valence electrons. The number of nitrogens with zero attached hydrogens (tertiary/aromatic N) is 7. The quantitative estimate of drug-likeness (QED) is 0.374. The van der Waals surface area contributed by atoms with Gasteiger partial charge in [0.1, 0.15) is 18.9 Å². The molecule has 1 aromatic carbocycles. The molecule has 5 aromatic rings. The molecule has 0 aliphatic heterocycles. The number of hydrogen-bond acceptors (Lipinski definition) is 7. The van der Waals surface area contributed by atoms with Crippen molar-refractivity contribution in [3.63, 3.8) is 0 Å². The first-order valence-electron chi connectivity index (χ1n) is 9.74. The van der Waals surface area contributed by atoms with Crippen LogP contribution in [-0.4, -0.2) is 39.1 Å². The molecule has 3 N–H and O–H groups in total. The van der Waals surface area contributed by atoms with Gasteiger partial charge in [-0.25, -0.2) is 19.6 Å². The Morgan fingerprint density at radius 3 is 2.84 bits per heavy atom. The summed E-state index contributed by atoms with van der Waals surface area (Å²) in [4.78, 5) is 13.0. The number of aliphatic hydroxyl groups excluding tert-OH is 1. The van der Waals surface area contributed by atoms with E-state index in [1.165, 1.54) is 6.33 Å². The highest BCUT2D eigenvalue weighted by Gasteiger charge is 2.10. The van der Waals surface area contributed by atoms with Crippen molar-refractivity contribution in [3.8, 4) is 11.1 Å². The van der Waals surface area contributed by atoms with Crippen LogP contribution in [0.3, 0.4) is 0 Å². The molecule has 4 heterocycles. The predicted molar refractivity (Wildman–Crippen MR) is 117 cm³/mol. The van der Waals surface area contributed by atoms with E-state index in [2.05, 4.69) is 49.0 Å². The second-order valence-electron chi connectivity index (χ2n) is 7.08. The van der Waals surface area contributed by atoms with Gasteiger partial charge >= 0.3 is 0 Å². The molecule has 4 aromatic heterocycles. The summed E-state index contributed by atoms with van der Waals surface area (Å²) in [6.07, 6.45) is 10.5. The van der Waals surface area contributed by atoms with Gasteiger partial charge in [0.2, 0.25) is 5.95 Å². The summed E-state index contributed by atoms with van der Waals surface area (Å²) in [5.41, 5.74) is 7.18. The van der Waals surface area contributed by atoms with Crippen molar-refractivity contribution in [1.82, 2.24) is 34.0 Å². The van der Waals surface area contributed by atoms with Crippen molar-refractivity contribution in [1.29, 1.82) is 0 Å². The van der Waals surface area contributed by atoms with E-state index in [-0.39, 0.29) is 6.73 Å². The van der Waals surface area contributed by atoms with E-state index in [9.17, 15) is 5.11 Å². The highest BCUT2D eigenvalue weighted by Crippen LogP contribution is 2.23. The number of aliphatic hydroxyl groups is 1. The fourth-order valence-corrected chi connectivity index (χ4v) is 3.44. The molecular weight excluding hydrogens is 394 g/mol. The van der Waals surface area contributed by atoms with Gasteiger partial charge in [0, 0.05) is 43.9 Å². The van der Waals surface area contributed by atoms with Crippen molar-refractivity contribution in [2.45, 2.75) is 13.3 Å². The third-order valence-corrected chi connectivity index (χ3v) is 4.99. The normalized spacial score (nSPS) is 11.2. The van der Waals surface area contributed by atoms with Crippen LogP contribution in [0, 0.1) is 0 Å². The average molecular weight is 415 g/mol. The molecule has 0 unspecified atom stereocenters. The van der Waals surface area contributed by atoms with Crippen molar-refractivity contribution in [3.05, 3.63) is 73.2 Å². The van der Waals surface area contributed by atoms with Gasteiger partial charge in [0.05, 0.1) is 11.6 Å². The van der Waals surface area contributed by atoms with Crippen LogP contribution in [0.2, 0.25) is 0 Å². The zero-order chi connectivity index (χ0) is 21.2. The minimum absolute atomic E-state index is 0.165. The van der Waals surface area contributed by atoms with Gasteiger partial charge in [-0.1, -0.05) is 18.2 Å². The summed E-state index contributed by atoms with van der Waals surface area (Å²) in [6.45, 7) is 0.454. The molecule has 0 spiro atoms. The minimum Gasteiger partial charge on any atom is -0.376 e. The zero-order valence-electron chi connectivity index (χ0n) is 16.8. The Bertz CT molecular complexity index is 1330.